The molecule has 1 saturated heterocycles. The molecular weight excluding hydrogens is 272 g/mol. The maximum absolute atomic E-state index is 10.8. The molecule has 1 aliphatic heterocycles. The minimum absolute atomic E-state index is 0.0682. The largest absolute Gasteiger partial charge is 0.460 e. The first kappa shape index (κ1) is 13.8. The van der Waals surface area contributed by atoms with Crippen molar-refractivity contribution in [2.24, 2.45) is 0 Å². The minimum Gasteiger partial charge on any atom is -0.460 e. The highest BCUT2D eigenvalue weighted by atomic mass is 16.6. The average Bonchev–Trinajstić information content (AvgIpc) is 2.97. The molecule has 6 nitrogen and oxygen atoms in total. The summed E-state index contributed by atoms with van der Waals surface area (Å²) in [5.74, 6) is 1.51. The molecule has 2 aromatic rings. The molecule has 1 aromatic heterocycles. The summed E-state index contributed by atoms with van der Waals surface area (Å²) in [7, 11) is 0. The monoisotopic (exact) mass is 288 g/mol. The zero-order valence-corrected chi connectivity index (χ0v) is 11.5. The molecule has 6 heteroatoms. The lowest BCUT2D eigenvalue weighted by atomic mass is 10.1. The van der Waals surface area contributed by atoms with Gasteiger partial charge in [0.2, 0.25) is 0 Å². The summed E-state index contributed by atoms with van der Waals surface area (Å²) in [6.07, 6.45) is 0. The molecule has 0 spiro atoms. The summed E-state index contributed by atoms with van der Waals surface area (Å²) >= 11 is 0. The average molecular weight is 288 g/mol. The van der Waals surface area contributed by atoms with E-state index in [1.165, 1.54) is 12.1 Å². The molecule has 0 amide bonds. The Kier molecular flexibility index (Phi) is 3.98. The molecule has 21 heavy (non-hydrogen) atoms. The molecule has 1 aromatic carbocycles. The molecule has 0 saturated carbocycles. The van der Waals surface area contributed by atoms with Crippen LogP contribution in [0.5, 0.6) is 0 Å². The van der Waals surface area contributed by atoms with Gasteiger partial charge in [0.1, 0.15) is 11.5 Å². The van der Waals surface area contributed by atoms with E-state index in [1.54, 1.807) is 6.07 Å². The van der Waals surface area contributed by atoms with Crippen LogP contribution in [-0.2, 0) is 11.3 Å². The van der Waals surface area contributed by atoms with Crippen LogP contribution in [0.1, 0.15) is 5.76 Å². The van der Waals surface area contributed by atoms with E-state index < -0.39 is 4.92 Å². The van der Waals surface area contributed by atoms with Crippen molar-refractivity contribution in [2.75, 3.05) is 26.3 Å². The molecule has 0 radical (unpaired) electrons. The van der Waals surface area contributed by atoms with Gasteiger partial charge in [-0.2, -0.15) is 0 Å². The van der Waals surface area contributed by atoms with Crippen molar-refractivity contribution in [2.45, 2.75) is 6.54 Å². The first-order valence-electron chi connectivity index (χ1n) is 6.86. The topological polar surface area (TPSA) is 68.8 Å². The van der Waals surface area contributed by atoms with Gasteiger partial charge in [0, 0.05) is 30.8 Å². The second-order valence-corrected chi connectivity index (χ2v) is 4.96. The highest BCUT2D eigenvalue weighted by Gasteiger charge is 2.14. The summed E-state index contributed by atoms with van der Waals surface area (Å²) in [6, 6.07) is 10.2. The minimum atomic E-state index is -0.402. The van der Waals surface area contributed by atoms with Crippen LogP contribution in [0.4, 0.5) is 5.69 Å². The zero-order chi connectivity index (χ0) is 14.7. The van der Waals surface area contributed by atoms with Crippen LogP contribution in [0.3, 0.4) is 0 Å². The number of nitrogens with zero attached hydrogens (tertiary/aromatic N) is 2. The second-order valence-electron chi connectivity index (χ2n) is 4.96. The van der Waals surface area contributed by atoms with Gasteiger partial charge in [-0.3, -0.25) is 15.0 Å². The Labute approximate surface area is 122 Å². The number of benzene rings is 1. The molecule has 0 unspecified atom stereocenters. The van der Waals surface area contributed by atoms with Crippen LogP contribution in [0, 0.1) is 10.1 Å². The predicted octanol–water partition coefficient (Wildman–Crippen LogP) is 2.69. The van der Waals surface area contributed by atoms with Gasteiger partial charge in [0.05, 0.1) is 24.7 Å². The fourth-order valence-electron chi connectivity index (χ4n) is 2.37. The summed E-state index contributed by atoms with van der Waals surface area (Å²) in [6.45, 7) is 4.02. The number of non-ortho nitro benzene ring substituents is 1. The first-order valence-corrected chi connectivity index (χ1v) is 6.86. The van der Waals surface area contributed by atoms with E-state index in [9.17, 15) is 10.1 Å². The molecule has 110 valence electrons. The lowest BCUT2D eigenvalue weighted by Crippen LogP contribution is -2.35. The van der Waals surface area contributed by atoms with Crippen molar-refractivity contribution in [1.82, 2.24) is 4.90 Å². The molecule has 0 bridgehead atoms. The fraction of sp³-hybridized carbons (Fsp3) is 0.333. The summed E-state index contributed by atoms with van der Waals surface area (Å²) < 4.78 is 11.1. The van der Waals surface area contributed by atoms with E-state index in [0.29, 0.717) is 5.76 Å². The number of morpholine rings is 1. The molecule has 3 rings (SSSR count). The van der Waals surface area contributed by atoms with Gasteiger partial charge in [-0.05, 0) is 12.1 Å². The summed E-state index contributed by atoms with van der Waals surface area (Å²) in [4.78, 5) is 12.7. The molecule has 0 atom stereocenters. The van der Waals surface area contributed by atoms with Crippen LogP contribution in [0.15, 0.2) is 40.8 Å². The standard InChI is InChI=1S/C15H16N2O4/c18-17(19)13-3-1-2-12(10-13)15-5-4-14(21-15)11-16-6-8-20-9-7-16/h1-5,10H,6-9,11H2. The summed E-state index contributed by atoms with van der Waals surface area (Å²) in [5, 5.41) is 10.8. The zero-order valence-electron chi connectivity index (χ0n) is 11.5. The van der Waals surface area contributed by atoms with Gasteiger partial charge in [0.15, 0.2) is 0 Å². The van der Waals surface area contributed by atoms with E-state index in [1.807, 2.05) is 18.2 Å². The van der Waals surface area contributed by atoms with Gasteiger partial charge < -0.3 is 9.15 Å². The highest BCUT2D eigenvalue weighted by Crippen LogP contribution is 2.26. The number of nitro groups is 1. The quantitative estimate of drug-likeness (QED) is 0.639. The third-order valence-electron chi connectivity index (χ3n) is 3.49. The molecule has 2 heterocycles. The molecule has 0 aliphatic carbocycles. The van der Waals surface area contributed by atoms with E-state index in [2.05, 4.69) is 4.90 Å². The van der Waals surface area contributed by atoms with E-state index in [-0.39, 0.29) is 5.69 Å². The smallest absolute Gasteiger partial charge is 0.270 e. The number of hydrogen-bond donors (Lipinski definition) is 0. The Bertz CT molecular complexity index is 632. The van der Waals surface area contributed by atoms with Crippen LogP contribution in [-0.4, -0.2) is 36.1 Å². The number of furan rings is 1. The van der Waals surface area contributed by atoms with Gasteiger partial charge in [0.25, 0.3) is 5.69 Å². The number of ether oxygens (including phenoxy) is 1. The Balaban J connectivity index is 1.75. The van der Waals surface area contributed by atoms with Crippen LogP contribution in [0.2, 0.25) is 0 Å². The molecule has 1 aliphatic rings. The van der Waals surface area contributed by atoms with Crippen LogP contribution in [0.25, 0.3) is 11.3 Å². The Morgan fingerprint density at radius 2 is 2.00 bits per heavy atom. The summed E-state index contributed by atoms with van der Waals surface area (Å²) in [5.41, 5.74) is 0.788. The SMILES string of the molecule is O=[N+]([O-])c1cccc(-c2ccc(CN3CCOCC3)o2)c1. The van der Waals surface area contributed by atoms with Gasteiger partial charge >= 0.3 is 0 Å². The van der Waals surface area contributed by atoms with Gasteiger partial charge in [-0.25, -0.2) is 0 Å². The number of rotatable bonds is 4. The first-order chi connectivity index (χ1) is 10.2. The number of nitro benzene ring substituents is 1. The Morgan fingerprint density at radius 1 is 1.19 bits per heavy atom. The van der Waals surface area contributed by atoms with Crippen molar-refractivity contribution in [3.63, 3.8) is 0 Å². The third-order valence-corrected chi connectivity index (χ3v) is 3.49. The van der Waals surface area contributed by atoms with E-state index in [4.69, 9.17) is 9.15 Å². The van der Waals surface area contributed by atoms with Crippen molar-refractivity contribution < 1.29 is 14.1 Å². The van der Waals surface area contributed by atoms with Crippen molar-refractivity contribution >= 4 is 5.69 Å². The Hall–Kier alpha value is -2.18. The van der Waals surface area contributed by atoms with Crippen molar-refractivity contribution in [3.05, 3.63) is 52.3 Å². The number of hydrogen-bond acceptors (Lipinski definition) is 5. The second kappa shape index (κ2) is 6.07. The van der Waals surface area contributed by atoms with Crippen molar-refractivity contribution in [3.8, 4) is 11.3 Å². The lowest BCUT2D eigenvalue weighted by Gasteiger charge is -2.25. The molecular formula is C15H16N2O4. The van der Waals surface area contributed by atoms with Gasteiger partial charge in [-0.1, -0.05) is 12.1 Å². The maximum atomic E-state index is 10.8. The van der Waals surface area contributed by atoms with Gasteiger partial charge in [-0.15, -0.1) is 0 Å². The Morgan fingerprint density at radius 3 is 2.76 bits per heavy atom. The van der Waals surface area contributed by atoms with E-state index >= 15 is 0 Å². The van der Waals surface area contributed by atoms with Crippen LogP contribution < -0.4 is 0 Å². The normalized spacial score (nSPS) is 16.0. The predicted molar refractivity (Wildman–Crippen MR) is 76.9 cm³/mol. The highest BCUT2D eigenvalue weighted by molar-refractivity contribution is 5.61. The molecule has 1 fully saturated rings. The maximum Gasteiger partial charge on any atom is 0.270 e. The lowest BCUT2D eigenvalue weighted by molar-refractivity contribution is -0.384. The molecule has 0 N–H and O–H groups in total. The van der Waals surface area contributed by atoms with Crippen LogP contribution >= 0.6 is 0 Å². The van der Waals surface area contributed by atoms with E-state index in [0.717, 1.165) is 44.2 Å². The fourth-order valence-corrected chi connectivity index (χ4v) is 2.37. The van der Waals surface area contributed by atoms with Crippen molar-refractivity contribution in [1.29, 1.82) is 0 Å². The third kappa shape index (κ3) is 3.29.